The third-order valence-corrected chi connectivity index (χ3v) is 4.89. The molecule has 3 heterocycles. The average Bonchev–Trinajstić information content (AvgIpc) is 3.23. The van der Waals surface area contributed by atoms with Gasteiger partial charge in [-0.2, -0.15) is 0 Å². The second-order valence-electron chi connectivity index (χ2n) is 5.92. The summed E-state index contributed by atoms with van der Waals surface area (Å²) in [5.41, 5.74) is 1.88. The van der Waals surface area contributed by atoms with E-state index in [9.17, 15) is 9.59 Å². The molecule has 0 saturated carbocycles. The van der Waals surface area contributed by atoms with Gasteiger partial charge in [-0.25, -0.2) is 9.78 Å². The predicted molar refractivity (Wildman–Crippen MR) is 90.7 cm³/mol. The second kappa shape index (κ2) is 5.94. The van der Waals surface area contributed by atoms with Crippen LogP contribution in [-0.2, 0) is 4.74 Å². The van der Waals surface area contributed by atoms with E-state index < -0.39 is 5.97 Å². The molecule has 25 heavy (non-hydrogen) atoms. The van der Waals surface area contributed by atoms with E-state index in [2.05, 4.69) is 10.9 Å². The van der Waals surface area contributed by atoms with Gasteiger partial charge in [-0.15, -0.1) is 6.42 Å². The molecule has 2 aliphatic rings. The number of benzene rings is 1. The summed E-state index contributed by atoms with van der Waals surface area (Å²) < 4.78 is 6.81. The van der Waals surface area contributed by atoms with Crippen molar-refractivity contribution >= 4 is 23.5 Å². The third kappa shape index (κ3) is 2.31. The Balaban J connectivity index is 1.94. The highest BCUT2D eigenvalue weighted by atomic mass is 35.5. The largest absolute Gasteiger partial charge is 0.448 e. The first kappa shape index (κ1) is 15.7. The molecule has 1 amide bonds. The third-order valence-electron chi connectivity index (χ3n) is 4.58. The number of hydrogen-bond acceptors (Lipinski definition) is 4. The maximum absolute atomic E-state index is 13.0. The summed E-state index contributed by atoms with van der Waals surface area (Å²) in [5.74, 6) is 1.55. The van der Waals surface area contributed by atoms with Gasteiger partial charge in [0, 0.05) is 6.54 Å². The molecule has 0 bridgehead atoms. The minimum absolute atomic E-state index is 0.124. The molecule has 1 saturated heterocycles. The van der Waals surface area contributed by atoms with Crippen molar-refractivity contribution in [3.63, 3.8) is 0 Å². The van der Waals surface area contributed by atoms with Crippen molar-refractivity contribution in [1.82, 2.24) is 14.5 Å². The fourth-order valence-corrected chi connectivity index (χ4v) is 3.81. The highest BCUT2D eigenvalue weighted by Gasteiger charge is 2.41. The number of ether oxygens (including phenoxy) is 1. The highest BCUT2D eigenvalue weighted by Crippen LogP contribution is 2.41. The summed E-state index contributed by atoms with van der Waals surface area (Å²) in [7, 11) is 0. The predicted octanol–water partition coefficient (Wildman–Crippen LogP) is 2.61. The van der Waals surface area contributed by atoms with Crippen LogP contribution < -0.4 is 0 Å². The molecule has 2 aromatic rings. The fraction of sp³-hybridized carbons (Fsp3) is 0.278. The van der Waals surface area contributed by atoms with Crippen molar-refractivity contribution in [2.24, 2.45) is 0 Å². The normalized spacial score (nSPS) is 18.0. The van der Waals surface area contributed by atoms with Gasteiger partial charge in [-0.05, 0) is 25.0 Å². The average molecular weight is 356 g/mol. The monoisotopic (exact) mass is 355 g/mol. The zero-order chi connectivity index (χ0) is 17.6. The number of esters is 1. The number of fused-ring (bicyclic) bond motifs is 5. The number of amides is 1. The van der Waals surface area contributed by atoms with Crippen LogP contribution in [0.2, 0.25) is 5.02 Å². The van der Waals surface area contributed by atoms with E-state index >= 15 is 0 Å². The summed E-state index contributed by atoms with van der Waals surface area (Å²) in [6.07, 6.45) is 8.29. The van der Waals surface area contributed by atoms with Crippen LogP contribution in [0.4, 0.5) is 0 Å². The van der Waals surface area contributed by atoms with Crippen molar-refractivity contribution < 1.29 is 14.3 Å². The van der Waals surface area contributed by atoms with Gasteiger partial charge in [0.25, 0.3) is 5.91 Å². The number of rotatable bonds is 2. The molecule has 0 spiro atoms. The molecule has 0 aliphatic carbocycles. The summed E-state index contributed by atoms with van der Waals surface area (Å²) in [5, 5.41) is 0.381. The lowest BCUT2D eigenvalue weighted by molar-refractivity contribution is 0.0543. The van der Waals surface area contributed by atoms with Crippen LogP contribution in [0.15, 0.2) is 24.5 Å². The molecular formula is C18H14ClN3O3. The van der Waals surface area contributed by atoms with Crippen LogP contribution >= 0.6 is 11.6 Å². The number of hydrogen-bond donors (Lipinski definition) is 0. The maximum Gasteiger partial charge on any atom is 0.359 e. The van der Waals surface area contributed by atoms with E-state index in [1.54, 1.807) is 27.7 Å². The molecular weight excluding hydrogens is 342 g/mol. The molecule has 1 fully saturated rings. The molecule has 0 unspecified atom stereocenters. The zero-order valence-corrected chi connectivity index (χ0v) is 14.0. The first-order valence-corrected chi connectivity index (χ1v) is 8.29. The van der Waals surface area contributed by atoms with E-state index in [4.69, 9.17) is 22.8 Å². The van der Waals surface area contributed by atoms with Crippen molar-refractivity contribution in [1.29, 1.82) is 0 Å². The van der Waals surface area contributed by atoms with Crippen molar-refractivity contribution in [3.05, 3.63) is 46.5 Å². The lowest BCUT2D eigenvalue weighted by Crippen LogP contribution is -2.30. The van der Waals surface area contributed by atoms with Crippen molar-refractivity contribution in [2.45, 2.75) is 18.9 Å². The Morgan fingerprint density at radius 2 is 2.32 bits per heavy atom. The Labute approximate surface area is 149 Å². The lowest BCUT2D eigenvalue weighted by Gasteiger charge is -2.22. The molecule has 6 nitrogen and oxygen atoms in total. The number of halogens is 1. The van der Waals surface area contributed by atoms with Crippen LogP contribution in [-0.4, -0.2) is 39.5 Å². The molecule has 1 atom stereocenters. The van der Waals surface area contributed by atoms with E-state index in [0.717, 1.165) is 12.8 Å². The highest BCUT2D eigenvalue weighted by molar-refractivity contribution is 6.34. The van der Waals surface area contributed by atoms with Crippen molar-refractivity contribution in [3.8, 4) is 18.0 Å². The molecule has 0 N–H and O–H groups in total. The molecule has 0 radical (unpaired) electrons. The number of imidazole rings is 1. The lowest BCUT2D eigenvalue weighted by atomic mass is 10.1. The minimum atomic E-state index is -0.587. The molecule has 7 heteroatoms. The number of aromatic nitrogens is 2. The first-order valence-electron chi connectivity index (χ1n) is 7.91. The number of nitrogens with zero attached hydrogens (tertiary/aromatic N) is 3. The fourth-order valence-electron chi connectivity index (χ4n) is 3.56. The Morgan fingerprint density at radius 1 is 1.48 bits per heavy atom. The Hall–Kier alpha value is -2.78. The SMILES string of the molecule is C#CCOC(=O)c1ncn2c1[C@@H]1CCCN1C(=O)c1c(Cl)cccc1-2. The van der Waals surface area contributed by atoms with Gasteiger partial charge in [0.1, 0.15) is 6.33 Å². The summed E-state index contributed by atoms with van der Waals surface area (Å²) in [4.78, 5) is 31.4. The summed E-state index contributed by atoms with van der Waals surface area (Å²) >= 11 is 6.31. The molecule has 2 aliphatic heterocycles. The molecule has 126 valence electrons. The first-order chi connectivity index (χ1) is 12.1. The maximum atomic E-state index is 13.0. The van der Waals surface area contributed by atoms with E-state index in [-0.39, 0.29) is 24.2 Å². The zero-order valence-electron chi connectivity index (χ0n) is 13.2. The van der Waals surface area contributed by atoms with Crippen LogP contribution in [0.25, 0.3) is 5.69 Å². The molecule has 1 aromatic carbocycles. The van der Waals surface area contributed by atoms with Gasteiger partial charge in [0.05, 0.1) is 28.0 Å². The van der Waals surface area contributed by atoms with Crippen LogP contribution in [0.5, 0.6) is 0 Å². The minimum Gasteiger partial charge on any atom is -0.448 e. The van der Waals surface area contributed by atoms with E-state index in [1.807, 2.05) is 0 Å². The summed E-state index contributed by atoms with van der Waals surface area (Å²) in [6.45, 7) is 0.485. The Bertz CT molecular complexity index is 928. The van der Waals surface area contributed by atoms with Gasteiger partial charge in [-0.3, -0.25) is 9.36 Å². The van der Waals surface area contributed by atoms with E-state index in [1.165, 1.54) is 6.33 Å². The Morgan fingerprint density at radius 3 is 3.12 bits per heavy atom. The summed E-state index contributed by atoms with van der Waals surface area (Å²) in [6, 6.07) is 5.01. The smallest absolute Gasteiger partial charge is 0.359 e. The number of carbonyl (C=O) groups is 2. The van der Waals surface area contributed by atoms with Crippen LogP contribution in [0, 0.1) is 12.3 Å². The van der Waals surface area contributed by atoms with E-state index in [0.29, 0.717) is 28.5 Å². The van der Waals surface area contributed by atoms with Gasteiger partial charge in [0.2, 0.25) is 0 Å². The standard InChI is InChI=1S/C18H14ClN3O3/c1-2-9-25-18(24)15-16-13-7-4-8-21(13)17(23)14-11(19)5-3-6-12(14)22(16)10-20-15/h1,3,5-6,10,13H,4,7-9H2/t13-/m0/s1. The van der Waals surface area contributed by atoms with Gasteiger partial charge in [0.15, 0.2) is 12.3 Å². The molecule has 4 rings (SSSR count). The number of carbonyl (C=O) groups excluding carboxylic acids is 2. The molecule has 1 aromatic heterocycles. The van der Waals surface area contributed by atoms with Crippen molar-refractivity contribution in [2.75, 3.05) is 13.2 Å². The second-order valence-corrected chi connectivity index (χ2v) is 6.33. The van der Waals surface area contributed by atoms with Gasteiger partial charge in [-0.1, -0.05) is 23.6 Å². The quantitative estimate of drug-likeness (QED) is 0.613. The topological polar surface area (TPSA) is 64.4 Å². The van der Waals surface area contributed by atoms with Crippen LogP contribution in [0.1, 0.15) is 45.4 Å². The number of terminal acetylenes is 1. The van der Waals surface area contributed by atoms with Gasteiger partial charge < -0.3 is 9.64 Å². The van der Waals surface area contributed by atoms with Gasteiger partial charge >= 0.3 is 5.97 Å². The Kier molecular flexibility index (Phi) is 3.74. The van der Waals surface area contributed by atoms with Crippen LogP contribution in [0.3, 0.4) is 0 Å².